The summed E-state index contributed by atoms with van der Waals surface area (Å²) in [6, 6.07) is 9.89. The molecule has 0 atom stereocenters. The largest absolute Gasteiger partial charge is 0.368 e. The number of likely N-dealkylation sites (N-methyl/N-ethyl adjacent to an activating group) is 1. The van der Waals surface area contributed by atoms with Gasteiger partial charge in [0.25, 0.3) is 0 Å². The predicted octanol–water partition coefficient (Wildman–Crippen LogP) is 4.50. The lowest BCUT2D eigenvalue weighted by molar-refractivity contribution is -0.113. The molecular weight excluding hydrogens is 426 g/mol. The van der Waals surface area contributed by atoms with Crippen LogP contribution in [0.5, 0.6) is 0 Å². The summed E-state index contributed by atoms with van der Waals surface area (Å²) in [6.45, 7) is 11.6. The molecule has 34 heavy (non-hydrogen) atoms. The van der Waals surface area contributed by atoms with Crippen LogP contribution in [0.2, 0.25) is 0 Å². The highest BCUT2D eigenvalue weighted by atomic mass is 16.2. The van der Waals surface area contributed by atoms with Crippen LogP contribution in [0.4, 0.5) is 17.5 Å². The summed E-state index contributed by atoms with van der Waals surface area (Å²) >= 11 is 0. The van der Waals surface area contributed by atoms with E-state index in [-0.39, 0.29) is 11.9 Å². The summed E-state index contributed by atoms with van der Waals surface area (Å²) < 4.78 is 0. The van der Waals surface area contributed by atoms with E-state index in [4.69, 9.17) is 11.0 Å². The fourth-order valence-corrected chi connectivity index (χ4v) is 3.36. The number of amides is 1. The van der Waals surface area contributed by atoms with Crippen molar-refractivity contribution in [3.05, 3.63) is 72.7 Å². The maximum atomic E-state index is 11.8. The second kappa shape index (κ2) is 12.7. The molecule has 8 nitrogen and oxygen atoms in total. The molecule has 0 saturated heterocycles. The van der Waals surface area contributed by atoms with Crippen molar-refractivity contribution in [1.29, 1.82) is 5.26 Å². The van der Waals surface area contributed by atoms with E-state index >= 15 is 0 Å². The summed E-state index contributed by atoms with van der Waals surface area (Å²) in [6.07, 6.45) is 9.26. The van der Waals surface area contributed by atoms with Gasteiger partial charge in [0.2, 0.25) is 11.9 Å². The number of aromatic nitrogens is 3. The topological polar surface area (TPSA) is 112 Å². The number of hydrogen-bond donors (Lipinski definition) is 1. The molecule has 1 aliphatic rings. The zero-order valence-electron chi connectivity index (χ0n) is 20.2. The van der Waals surface area contributed by atoms with Gasteiger partial charge in [-0.05, 0) is 49.1 Å². The number of hydrogen-bond acceptors (Lipinski definition) is 7. The Morgan fingerprint density at radius 3 is 2.56 bits per heavy atom. The van der Waals surface area contributed by atoms with Crippen molar-refractivity contribution in [3.8, 4) is 6.07 Å². The Morgan fingerprint density at radius 2 is 1.94 bits per heavy atom. The van der Waals surface area contributed by atoms with Crippen molar-refractivity contribution in [2.45, 2.75) is 27.2 Å². The second-order valence-electron chi connectivity index (χ2n) is 7.34. The Kier molecular flexibility index (Phi) is 9.72. The zero-order valence-corrected chi connectivity index (χ0v) is 20.2. The van der Waals surface area contributed by atoms with E-state index in [1.54, 1.807) is 11.9 Å². The van der Waals surface area contributed by atoms with Crippen molar-refractivity contribution >= 4 is 34.1 Å². The lowest BCUT2D eigenvalue weighted by atomic mass is 10.1. The van der Waals surface area contributed by atoms with E-state index in [9.17, 15) is 4.79 Å². The summed E-state index contributed by atoms with van der Waals surface area (Å²) in [5.41, 5.74) is 7.80. The highest BCUT2D eigenvalue weighted by Crippen LogP contribution is 2.29. The summed E-state index contributed by atoms with van der Waals surface area (Å²) in [5, 5.41) is 10.5. The van der Waals surface area contributed by atoms with Crippen LogP contribution in [-0.4, -0.2) is 41.0 Å². The average molecular weight is 458 g/mol. The minimum atomic E-state index is -0.115. The molecule has 4 rings (SSSR count). The fourth-order valence-electron chi connectivity index (χ4n) is 3.36. The Bertz CT molecular complexity index is 1200. The molecule has 176 valence electrons. The van der Waals surface area contributed by atoms with E-state index in [0.29, 0.717) is 5.56 Å². The van der Waals surface area contributed by atoms with Crippen molar-refractivity contribution in [2.24, 2.45) is 0 Å². The number of fused-ring (bicyclic) bond motifs is 1. The van der Waals surface area contributed by atoms with Crippen LogP contribution < -0.4 is 15.5 Å². The SMILES string of the molecule is C=CC(=O)N(C)c1ccc2c(N3CCC=C(C)C3)nccc2c1.CC.N#Cc1cnc(N)nc1. The van der Waals surface area contributed by atoms with E-state index in [1.807, 2.05) is 50.4 Å². The van der Waals surface area contributed by atoms with Crippen molar-refractivity contribution in [1.82, 2.24) is 15.0 Å². The van der Waals surface area contributed by atoms with Crippen LogP contribution in [0.15, 0.2) is 67.2 Å². The number of pyridine rings is 1. The number of nitrogens with zero attached hydrogens (tertiary/aromatic N) is 6. The average Bonchev–Trinajstić information content (AvgIpc) is 2.89. The van der Waals surface area contributed by atoms with Gasteiger partial charge in [-0.3, -0.25) is 4.79 Å². The number of nitrogens with two attached hydrogens (primary N) is 1. The molecule has 2 N–H and O–H groups in total. The molecule has 1 aliphatic heterocycles. The molecule has 3 aromatic rings. The van der Waals surface area contributed by atoms with Crippen LogP contribution in [-0.2, 0) is 4.79 Å². The minimum Gasteiger partial charge on any atom is -0.368 e. The number of carbonyl (C=O) groups excluding carboxylic acids is 1. The normalized spacial score (nSPS) is 12.2. The fraction of sp³-hybridized carbons (Fsp3) is 0.269. The van der Waals surface area contributed by atoms with E-state index in [1.165, 1.54) is 24.0 Å². The van der Waals surface area contributed by atoms with E-state index in [2.05, 4.69) is 39.4 Å². The highest BCUT2D eigenvalue weighted by Gasteiger charge is 2.16. The van der Waals surface area contributed by atoms with Crippen LogP contribution >= 0.6 is 0 Å². The molecule has 2 aromatic heterocycles. The molecule has 0 radical (unpaired) electrons. The van der Waals surface area contributed by atoms with Gasteiger partial charge in [0.15, 0.2) is 0 Å². The van der Waals surface area contributed by atoms with Crippen LogP contribution in [0.25, 0.3) is 10.8 Å². The number of nitriles is 1. The van der Waals surface area contributed by atoms with Gasteiger partial charge in [-0.25, -0.2) is 15.0 Å². The highest BCUT2D eigenvalue weighted by molar-refractivity contribution is 6.03. The molecule has 0 spiro atoms. The third-order valence-electron chi connectivity index (χ3n) is 5.05. The number of carbonyl (C=O) groups is 1. The van der Waals surface area contributed by atoms with Crippen molar-refractivity contribution in [3.63, 3.8) is 0 Å². The molecule has 0 fully saturated rings. The second-order valence-corrected chi connectivity index (χ2v) is 7.34. The maximum absolute atomic E-state index is 11.8. The zero-order chi connectivity index (χ0) is 25.1. The van der Waals surface area contributed by atoms with E-state index < -0.39 is 0 Å². The first-order valence-electron chi connectivity index (χ1n) is 11.1. The van der Waals surface area contributed by atoms with Crippen LogP contribution in [0, 0.1) is 11.3 Å². The minimum absolute atomic E-state index is 0.115. The predicted molar refractivity (Wildman–Crippen MR) is 138 cm³/mol. The van der Waals surface area contributed by atoms with Gasteiger partial charge in [-0.15, -0.1) is 0 Å². The number of anilines is 3. The number of rotatable bonds is 3. The molecule has 0 unspecified atom stereocenters. The Labute approximate surface area is 201 Å². The third-order valence-corrected chi connectivity index (χ3v) is 5.05. The molecule has 1 amide bonds. The Morgan fingerprint density at radius 1 is 1.24 bits per heavy atom. The molecule has 0 aliphatic carbocycles. The van der Waals surface area contributed by atoms with Crippen molar-refractivity contribution < 1.29 is 4.79 Å². The lowest BCUT2D eigenvalue weighted by Gasteiger charge is -2.28. The molecule has 8 heteroatoms. The van der Waals surface area contributed by atoms with Gasteiger partial charge in [0, 0.05) is 37.4 Å². The molecule has 1 aromatic carbocycles. The number of benzene rings is 1. The molecular formula is C26H31N7O. The first-order valence-corrected chi connectivity index (χ1v) is 11.1. The Balaban J connectivity index is 0.000000311. The molecule has 0 saturated carbocycles. The quantitative estimate of drug-likeness (QED) is 0.455. The van der Waals surface area contributed by atoms with Crippen LogP contribution in [0.1, 0.15) is 32.8 Å². The lowest BCUT2D eigenvalue weighted by Crippen LogP contribution is -2.30. The first-order chi connectivity index (χ1) is 16.4. The van der Waals surface area contributed by atoms with Crippen LogP contribution in [0.3, 0.4) is 0 Å². The van der Waals surface area contributed by atoms with Gasteiger partial charge >= 0.3 is 0 Å². The summed E-state index contributed by atoms with van der Waals surface area (Å²) in [7, 11) is 1.76. The van der Waals surface area contributed by atoms with Gasteiger partial charge in [0.1, 0.15) is 11.9 Å². The summed E-state index contributed by atoms with van der Waals surface area (Å²) in [5.74, 6) is 1.09. The summed E-state index contributed by atoms with van der Waals surface area (Å²) in [4.78, 5) is 27.5. The smallest absolute Gasteiger partial charge is 0.250 e. The van der Waals surface area contributed by atoms with E-state index in [0.717, 1.165) is 41.8 Å². The van der Waals surface area contributed by atoms with Crippen molar-refractivity contribution in [2.75, 3.05) is 35.7 Å². The van der Waals surface area contributed by atoms with Gasteiger partial charge in [-0.2, -0.15) is 5.26 Å². The molecule has 0 bridgehead atoms. The Hall–Kier alpha value is -4.25. The monoisotopic (exact) mass is 457 g/mol. The molecule has 3 heterocycles. The standard InChI is InChI=1S/C19H21N3O.C5H4N4.C2H6/c1-4-18(23)21(3)16-7-8-17-15(12-16)9-10-20-19(17)22-11-5-6-14(2)13-22;6-1-4-2-8-5(7)9-3-4;1-2/h4,6-10,12H,1,5,11,13H2,2-3H3;2-3H,(H2,7,8,9);1-2H3. The van der Waals surface area contributed by atoms with Gasteiger partial charge in [0.05, 0.1) is 18.0 Å². The maximum Gasteiger partial charge on any atom is 0.250 e. The van der Waals surface area contributed by atoms with Gasteiger partial charge < -0.3 is 15.5 Å². The first kappa shape index (κ1) is 26.0. The van der Waals surface area contributed by atoms with Gasteiger partial charge in [-0.1, -0.05) is 32.1 Å². The number of nitrogen functional groups attached to an aromatic ring is 1. The third kappa shape index (κ3) is 6.62.